The lowest BCUT2D eigenvalue weighted by Crippen LogP contribution is -2.19. The van der Waals surface area contributed by atoms with Crippen LogP contribution in [-0.4, -0.2) is 11.6 Å². The number of fused-ring (bicyclic) bond motifs is 1. The van der Waals surface area contributed by atoms with E-state index in [1.54, 1.807) is 11.3 Å². The Labute approximate surface area is 124 Å². The van der Waals surface area contributed by atoms with Gasteiger partial charge in [0.1, 0.15) is 0 Å². The van der Waals surface area contributed by atoms with Crippen LogP contribution in [0.1, 0.15) is 71.5 Å². The van der Waals surface area contributed by atoms with E-state index in [1.807, 2.05) is 0 Å². The number of hydrogen-bond donors (Lipinski definition) is 1. The fraction of sp³-hybridized carbons (Fsp3) is 0.625. The van der Waals surface area contributed by atoms with Gasteiger partial charge in [0.05, 0.1) is 4.88 Å². The Bertz CT molecular complexity index is 487. The van der Waals surface area contributed by atoms with Crippen molar-refractivity contribution in [1.29, 1.82) is 0 Å². The zero-order valence-electron chi connectivity index (χ0n) is 11.9. The first-order valence-corrected chi connectivity index (χ1v) is 8.62. The molecule has 0 radical (unpaired) electrons. The molecule has 1 aromatic rings. The van der Waals surface area contributed by atoms with Gasteiger partial charge in [0, 0.05) is 10.6 Å². The van der Waals surface area contributed by atoms with Crippen molar-refractivity contribution in [2.45, 2.75) is 64.2 Å². The Hall–Kier alpha value is -1.16. The summed E-state index contributed by atoms with van der Waals surface area (Å²) < 4.78 is 0. The van der Waals surface area contributed by atoms with Crippen molar-refractivity contribution in [1.82, 2.24) is 5.43 Å². The van der Waals surface area contributed by atoms with E-state index in [0.29, 0.717) is 0 Å². The maximum Gasteiger partial charge on any atom is 0.281 e. The maximum absolute atomic E-state index is 12.2. The smallest absolute Gasteiger partial charge is 0.266 e. The van der Waals surface area contributed by atoms with Gasteiger partial charge in [0.2, 0.25) is 0 Å². The minimum atomic E-state index is -0.0267. The van der Waals surface area contributed by atoms with E-state index in [2.05, 4.69) is 16.6 Å². The Kier molecular flexibility index (Phi) is 4.51. The second-order valence-corrected chi connectivity index (χ2v) is 6.94. The van der Waals surface area contributed by atoms with Crippen molar-refractivity contribution >= 4 is 23.0 Å². The lowest BCUT2D eigenvalue weighted by atomic mass is 9.99. The number of aryl methyl sites for hydroxylation is 2. The third kappa shape index (κ3) is 3.29. The van der Waals surface area contributed by atoms with E-state index in [1.165, 1.54) is 49.0 Å². The Balaban J connectivity index is 1.65. The van der Waals surface area contributed by atoms with Gasteiger partial charge in [-0.25, -0.2) is 5.43 Å². The summed E-state index contributed by atoms with van der Waals surface area (Å²) in [7, 11) is 0. The SMILES string of the molecule is O=C(NN=C1CCCCC1)c1cc2c(s1)CCCCC2. The van der Waals surface area contributed by atoms with Gasteiger partial charge in [0.15, 0.2) is 0 Å². The standard InChI is InChI=1S/C16H22N2OS/c19-16(18-17-13-8-4-2-5-9-13)15-11-12-7-3-1-6-10-14(12)20-15/h11H,1-10H2,(H,18,19). The normalized spacial score (nSPS) is 19.1. The van der Waals surface area contributed by atoms with E-state index < -0.39 is 0 Å². The second kappa shape index (κ2) is 6.53. The zero-order valence-corrected chi connectivity index (χ0v) is 12.7. The Morgan fingerprint density at radius 1 is 1.00 bits per heavy atom. The fourth-order valence-corrected chi connectivity index (χ4v) is 4.18. The molecule has 0 unspecified atom stereocenters. The quantitative estimate of drug-likeness (QED) is 0.647. The molecule has 108 valence electrons. The van der Waals surface area contributed by atoms with E-state index in [-0.39, 0.29) is 5.91 Å². The number of nitrogens with one attached hydrogen (secondary N) is 1. The molecule has 2 aliphatic carbocycles. The average Bonchev–Trinajstić information content (AvgIpc) is 2.77. The van der Waals surface area contributed by atoms with Crippen LogP contribution in [-0.2, 0) is 12.8 Å². The molecule has 0 spiro atoms. The number of hydrogen-bond acceptors (Lipinski definition) is 3. The molecule has 0 saturated heterocycles. The van der Waals surface area contributed by atoms with Gasteiger partial charge in [-0.2, -0.15) is 5.10 Å². The minimum Gasteiger partial charge on any atom is -0.266 e. The number of carbonyl (C=O) groups excluding carboxylic acids is 1. The molecule has 1 saturated carbocycles. The van der Waals surface area contributed by atoms with Gasteiger partial charge >= 0.3 is 0 Å². The van der Waals surface area contributed by atoms with Crippen LogP contribution in [0.5, 0.6) is 0 Å². The van der Waals surface area contributed by atoms with Crippen LogP contribution in [0, 0.1) is 0 Å². The van der Waals surface area contributed by atoms with Crippen molar-refractivity contribution in [3.8, 4) is 0 Å². The van der Waals surface area contributed by atoms with E-state index in [0.717, 1.165) is 36.3 Å². The third-order valence-corrected chi connectivity index (χ3v) is 5.45. The Morgan fingerprint density at radius 3 is 2.50 bits per heavy atom. The van der Waals surface area contributed by atoms with Gasteiger partial charge < -0.3 is 0 Å². The van der Waals surface area contributed by atoms with E-state index in [4.69, 9.17) is 0 Å². The molecule has 1 aromatic heterocycles. The summed E-state index contributed by atoms with van der Waals surface area (Å²) in [4.78, 5) is 14.4. The number of amides is 1. The molecular formula is C16H22N2OS. The first-order chi connectivity index (χ1) is 9.83. The largest absolute Gasteiger partial charge is 0.281 e. The van der Waals surface area contributed by atoms with Gasteiger partial charge in [-0.15, -0.1) is 11.3 Å². The second-order valence-electron chi connectivity index (χ2n) is 5.80. The van der Waals surface area contributed by atoms with Crippen LogP contribution in [0.3, 0.4) is 0 Å². The molecule has 2 aliphatic rings. The molecule has 1 fully saturated rings. The van der Waals surface area contributed by atoms with Gasteiger partial charge in [-0.1, -0.05) is 12.8 Å². The fourth-order valence-electron chi connectivity index (χ4n) is 3.04. The minimum absolute atomic E-state index is 0.0267. The van der Waals surface area contributed by atoms with Crippen LogP contribution in [0.15, 0.2) is 11.2 Å². The third-order valence-electron chi connectivity index (χ3n) is 4.22. The van der Waals surface area contributed by atoms with Crippen LogP contribution in [0.4, 0.5) is 0 Å². The van der Waals surface area contributed by atoms with Crippen LogP contribution < -0.4 is 5.43 Å². The van der Waals surface area contributed by atoms with E-state index >= 15 is 0 Å². The van der Waals surface area contributed by atoms with Crippen molar-refractivity contribution in [3.05, 3.63) is 21.4 Å². The molecule has 3 rings (SSSR count). The number of thiophene rings is 1. The predicted octanol–water partition coefficient (Wildman–Crippen LogP) is 4.07. The summed E-state index contributed by atoms with van der Waals surface area (Å²) in [5, 5.41) is 4.31. The first-order valence-electron chi connectivity index (χ1n) is 7.80. The molecule has 4 heteroatoms. The molecule has 0 bridgehead atoms. The highest BCUT2D eigenvalue weighted by Crippen LogP contribution is 2.28. The summed E-state index contributed by atoms with van der Waals surface area (Å²) in [5.41, 5.74) is 5.30. The van der Waals surface area contributed by atoms with Crippen molar-refractivity contribution in [2.75, 3.05) is 0 Å². The van der Waals surface area contributed by atoms with Gasteiger partial charge in [-0.05, 0) is 63.0 Å². The molecule has 1 amide bonds. The number of rotatable bonds is 2. The van der Waals surface area contributed by atoms with Crippen LogP contribution >= 0.6 is 11.3 Å². The first kappa shape index (κ1) is 13.8. The molecule has 0 atom stereocenters. The summed E-state index contributed by atoms with van der Waals surface area (Å²) >= 11 is 1.66. The highest BCUT2D eigenvalue weighted by molar-refractivity contribution is 7.14. The van der Waals surface area contributed by atoms with Crippen LogP contribution in [0.25, 0.3) is 0 Å². The highest BCUT2D eigenvalue weighted by atomic mass is 32.1. The highest BCUT2D eigenvalue weighted by Gasteiger charge is 2.16. The van der Waals surface area contributed by atoms with Crippen molar-refractivity contribution in [2.24, 2.45) is 5.10 Å². The van der Waals surface area contributed by atoms with Crippen LogP contribution in [0.2, 0.25) is 0 Å². The molecule has 0 aliphatic heterocycles. The van der Waals surface area contributed by atoms with Crippen molar-refractivity contribution in [3.63, 3.8) is 0 Å². The molecule has 1 N–H and O–H groups in total. The number of nitrogens with zero attached hydrogens (tertiary/aromatic N) is 1. The van der Waals surface area contributed by atoms with Gasteiger partial charge in [-0.3, -0.25) is 4.79 Å². The molecule has 20 heavy (non-hydrogen) atoms. The molecular weight excluding hydrogens is 268 g/mol. The predicted molar refractivity (Wildman–Crippen MR) is 83.6 cm³/mol. The van der Waals surface area contributed by atoms with Crippen molar-refractivity contribution < 1.29 is 4.79 Å². The molecule has 3 nitrogen and oxygen atoms in total. The lowest BCUT2D eigenvalue weighted by Gasteiger charge is -2.11. The summed E-state index contributed by atoms with van der Waals surface area (Å²) in [6.07, 6.45) is 11.9. The molecule has 0 aromatic carbocycles. The number of hydrazone groups is 1. The lowest BCUT2D eigenvalue weighted by molar-refractivity contribution is 0.0958. The Morgan fingerprint density at radius 2 is 1.70 bits per heavy atom. The monoisotopic (exact) mass is 290 g/mol. The summed E-state index contributed by atoms with van der Waals surface area (Å²) in [6.45, 7) is 0. The van der Waals surface area contributed by atoms with E-state index in [9.17, 15) is 4.79 Å². The summed E-state index contributed by atoms with van der Waals surface area (Å²) in [5.74, 6) is -0.0267. The average molecular weight is 290 g/mol. The van der Waals surface area contributed by atoms with Gasteiger partial charge in [0.25, 0.3) is 5.91 Å². The zero-order chi connectivity index (χ0) is 13.8. The maximum atomic E-state index is 12.2. The molecule has 1 heterocycles. The topological polar surface area (TPSA) is 41.5 Å². The summed E-state index contributed by atoms with van der Waals surface area (Å²) in [6, 6.07) is 2.09. The number of carbonyl (C=O) groups is 1.